The number of nitrogens with two attached hydrogens (primary N) is 1. The number of fused-ring (bicyclic) bond motifs is 1. The molecule has 0 atom stereocenters. The zero-order valence-electron chi connectivity index (χ0n) is 6.75. The maximum atomic E-state index is 5.44. The molecular formula is C9H11NO2. The minimum Gasteiger partial charge on any atom is -0.337 e. The van der Waals surface area contributed by atoms with Crippen LogP contribution in [0.2, 0.25) is 0 Å². The first-order valence-corrected chi connectivity index (χ1v) is 4.01. The predicted molar refractivity (Wildman–Crippen MR) is 44.6 cm³/mol. The van der Waals surface area contributed by atoms with Gasteiger partial charge < -0.3 is 10.6 Å². The van der Waals surface area contributed by atoms with Crippen LogP contribution in [-0.4, -0.2) is 6.54 Å². The Hall–Kier alpha value is -1.06. The first-order chi connectivity index (χ1) is 5.90. The highest BCUT2D eigenvalue weighted by Crippen LogP contribution is 2.26. The molecule has 2 N–H and O–H groups in total. The highest BCUT2D eigenvalue weighted by Gasteiger charge is 2.12. The normalized spacial score (nSPS) is 14.1. The Kier molecular flexibility index (Phi) is 1.98. The lowest BCUT2D eigenvalue weighted by molar-refractivity contribution is -0.194. The first kappa shape index (κ1) is 7.58. The molecule has 0 amide bonds. The molecule has 0 aliphatic carbocycles. The van der Waals surface area contributed by atoms with Gasteiger partial charge >= 0.3 is 0 Å². The molecule has 0 bridgehead atoms. The highest BCUT2D eigenvalue weighted by molar-refractivity contribution is 5.37. The molecular weight excluding hydrogens is 154 g/mol. The molecule has 64 valence electrons. The fourth-order valence-electron chi connectivity index (χ4n) is 1.31. The van der Waals surface area contributed by atoms with Crippen LogP contribution in [-0.2, 0) is 17.9 Å². The Morgan fingerprint density at radius 1 is 1.42 bits per heavy atom. The van der Waals surface area contributed by atoms with Crippen molar-refractivity contribution < 1.29 is 9.78 Å². The van der Waals surface area contributed by atoms with Gasteiger partial charge in [-0.3, -0.25) is 0 Å². The average Bonchev–Trinajstić information content (AvgIpc) is 2.51. The Bertz CT molecular complexity index is 286. The van der Waals surface area contributed by atoms with E-state index in [2.05, 4.69) is 6.07 Å². The third kappa shape index (κ3) is 1.29. The van der Waals surface area contributed by atoms with Crippen molar-refractivity contribution in [3.8, 4) is 5.75 Å². The second kappa shape index (κ2) is 3.13. The van der Waals surface area contributed by atoms with Gasteiger partial charge in [-0.15, -0.1) is 0 Å². The molecule has 0 unspecified atom stereocenters. The summed E-state index contributed by atoms with van der Waals surface area (Å²) in [5.41, 5.74) is 7.80. The van der Waals surface area contributed by atoms with Gasteiger partial charge in [0.25, 0.3) is 0 Å². The lowest BCUT2D eigenvalue weighted by Crippen LogP contribution is -2.02. The van der Waals surface area contributed by atoms with E-state index in [1.54, 1.807) is 0 Å². The quantitative estimate of drug-likeness (QED) is 0.665. The molecule has 0 fully saturated rings. The molecule has 0 spiro atoms. The monoisotopic (exact) mass is 165 g/mol. The summed E-state index contributed by atoms with van der Waals surface area (Å²) >= 11 is 0. The largest absolute Gasteiger partial charge is 0.337 e. The SMILES string of the molecule is NCCc1ccc2c(c1)COO2. The van der Waals surface area contributed by atoms with Crippen molar-refractivity contribution in [2.45, 2.75) is 13.0 Å². The molecule has 12 heavy (non-hydrogen) atoms. The maximum absolute atomic E-state index is 5.44. The lowest BCUT2D eigenvalue weighted by Gasteiger charge is -1.99. The minimum absolute atomic E-state index is 0.549. The number of benzene rings is 1. The Morgan fingerprint density at radius 2 is 2.33 bits per heavy atom. The van der Waals surface area contributed by atoms with Crippen LogP contribution in [0.1, 0.15) is 11.1 Å². The van der Waals surface area contributed by atoms with E-state index in [1.165, 1.54) is 5.56 Å². The summed E-state index contributed by atoms with van der Waals surface area (Å²) in [6, 6.07) is 6.02. The third-order valence-electron chi connectivity index (χ3n) is 1.92. The van der Waals surface area contributed by atoms with Gasteiger partial charge in [-0.25, -0.2) is 0 Å². The molecule has 3 nitrogen and oxygen atoms in total. The van der Waals surface area contributed by atoms with Crippen LogP contribution in [0.5, 0.6) is 5.75 Å². The minimum atomic E-state index is 0.549. The van der Waals surface area contributed by atoms with E-state index in [1.807, 2.05) is 12.1 Å². The van der Waals surface area contributed by atoms with Crippen molar-refractivity contribution in [3.05, 3.63) is 29.3 Å². The summed E-state index contributed by atoms with van der Waals surface area (Å²) in [7, 11) is 0. The fourth-order valence-corrected chi connectivity index (χ4v) is 1.31. The molecule has 1 aliphatic rings. The van der Waals surface area contributed by atoms with E-state index in [0.29, 0.717) is 13.2 Å². The molecule has 1 aromatic carbocycles. The average molecular weight is 165 g/mol. The number of hydrogen-bond donors (Lipinski definition) is 1. The summed E-state index contributed by atoms with van der Waals surface area (Å²) in [6.07, 6.45) is 0.910. The van der Waals surface area contributed by atoms with Crippen molar-refractivity contribution in [1.82, 2.24) is 0 Å². The Balaban J connectivity index is 2.26. The predicted octanol–water partition coefficient (Wildman–Crippen LogP) is 1.01. The lowest BCUT2D eigenvalue weighted by atomic mass is 10.1. The molecule has 0 saturated heterocycles. The van der Waals surface area contributed by atoms with Crippen LogP contribution in [0.15, 0.2) is 18.2 Å². The summed E-state index contributed by atoms with van der Waals surface area (Å²) in [6.45, 7) is 1.23. The van der Waals surface area contributed by atoms with Crippen molar-refractivity contribution in [1.29, 1.82) is 0 Å². The smallest absolute Gasteiger partial charge is 0.171 e. The van der Waals surface area contributed by atoms with Gasteiger partial charge in [0.1, 0.15) is 6.61 Å². The van der Waals surface area contributed by atoms with E-state index in [-0.39, 0.29) is 0 Å². The van der Waals surface area contributed by atoms with Gasteiger partial charge in [0.2, 0.25) is 0 Å². The zero-order chi connectivity index (χ0) is 8.39. The van der Waals surface area contributed by atoms with Crippen LogP contribution < -0.4 is 10.6 Å². The van der Waals surface area contributed by atoms with Crippen LogP contribution in [0.4, 0.5) is 0 Å². The molecule has 3 heteroatoms. The van der Waals surface area contributed by atoms with Crippen molar-refractivity contribution in [2.24, 2.45) is 5.73 Å². The summed E-state index contributed by atoms with van der Waals surface area (Å²) < 4.78 is 0. The van der Waals surface area contributed by atoms with E-state index in [0.717, 1.165) is 17.7 Å². The van der Waals surface area contributed by atoms with Gasteiger partial charge in [0.05, 0.1) is 0 Å². The molecule has 1 aliphatic heterocycles. The van der Waals surface area contributed by atoms with Crippen molar-refractivity contribution in [2.75, 3.05) is 6.54 Å². The molecule has 0 aromatic heterocycles. The van der Waals surface area contributed by atoms with Crippen molar-refractivity contribution >= 4 is 0 Å². The first-order valence-electron chi connectivity index (χ1n) is 4.01. The molecule has 0 radical (unpaired) electrons. The Morgan fingerprint density at radius 3 is 3.17 bits per heavy atom. The van der Waals surface area contributed by atoms with E-state index >= 15 is 0 Å². The number of hydrogen-bond acceptors (Lipinski definition) is 3. The van der Waals surface area contributed by atoms with Gasteiger partial charge in [-0.2, -0.15) is 4.89 Å². The van der Waals surface area contributed by atoms with Gasteiger partial charge in [-0.05, 0) is 30.7 Å². The molecule has 1 aromatic rings. The van der Waals surface area contributed by atoms with E-state index in [4.69, 9.17) is 15.5 Å². The van der Waals surface area contributed by atoms with Crippen LogP contribution >= 0.6 is 0 Å². The molecule has 0 saturated carbocycles. The summed E-state index contributed by atoms with van der Waals surface area (Å²) in [5, 5.41) is 0. The molecule has 1 heterocycles. The van der Waals surface area contributed by atoms with Gasteiger partial charge in [-0.1, -0.05) is 6.07 Å². The van der Waals surface area contributed by atoms with Crippen LogP contribution in [0.3, 0.4) is 0 Å². The van der Waals surface area contributed by atoms with Crippen LogP contribution in [0.25, 0.3) is 0 Å². The fraction of sp³-hybridized carbons (Fsp3) is 0.333. The topological polar surface area (TPSA) is 44.5 Å². The zero-order valence-corrected chi connectivity index (χ0v) is 6.75. The standard InChI is InChI=1S/C9H11NO2/c10-4-3-7-1-2-9-8(5-7)6-11-12-9/h1-2,5H,3-4,6,10H2. The number of rotatable bonds is 2. The summed E-state index contributed by atoms with van der Waals surface area (Å²) in [4.78, 5) is 9.72. The van der Waals surface area contributed by atoms with E-state index in [9.17, 15) is 0 Å². The van der Waals surface area contributed by atoms with Crippen LogP contribution in [0, 0.1) is 0 Å². The molecule has 2 rings (SSSR count). The van der Waals surface area contributed by atoms with Gasteiger partial charge in [0.15, 0.2) is 5.75 Å². The third-order valence-corrected chi connectivity index (χ3v) is 1.92. The van der Waals surface area contributed by atoms with Gasteiger partial charge in [0, 0.05) is 5.56 Å². The Labute approximate surface area is 71.0 Å². The second-order valence-corrected chi connectivity index (χ2v) is 2.83. The highest BCUT2D eigenvalue weighted by atomic mass is 17.2. The summed E-state index contributed by atoms with van der Waals surface area (Å²) in [5.74, 6) is 0.829. The van der Waals surface area contributed by atoms with E-state index < -0.39 is 0 Å². The second-order valence-electron chi connectivity index (χ2n) is 2.83. The maximum Gasteiger partial charge on any atom is 0.171 e. The van der Waals surface area contributed by atoms with Crippen molar-refractivity contribution in [3.63, 3.8) is 0 Å².